The lowest BCUT2D eigenvalue weighted by Gasteiger charge is -2.14. The molecule has 0 radical (unpaired) electrons. The fraction of sp³-hybridized carbons (Fsp3) is 0.261. The first-order chi connectivity index (χ1) is 15.7. The third-order valence-corrected chi connectivity index (χ3v) is 4.24. The van der Waals surface area contributed by atoms with Crippen LogP contribution in [0.5, 0.6) is 5.75 Å². The molecule has 0 bridgehead atoms. The zero-order valence-electron chi connectivity index (χ0n) is 17.9. The number of amides is 2. The van der Waals surface area contributed by atoms with Crippen LogP contribution in [0.4, 0.5) is 13.2 Å². The number of benzene rings is 2. The van der Waals surface area contributed by atoms with E-state index in [1.54, 1.807) is 43.3 Å². The van der Waals surface area contributed by atoms with Gasteiger partial charge in [0.25, 0.3) is 0 Å². The Kier molecular flexibility index (Phi) is 9.62. The number of carbonyl (C=O) groups excluding carboxylic acids is 2. The van der Waals surface area contributed by atoms with Gasteiger partial charge in [0, 0.05) is 12.1 Å². The van der Waals surface area contributed by atoms with Crippen LogP contribution in [-0.2, 0) is 22.7 Å². The number of rotatable bonds is 11. The third-order valence-electron chi connectivity index (χ3n) is 4.24. The standard InChI is InChI=1S/C23H24F3N3O4/c1-2-3-21(19-8-10-20(11-9-19)33-15-23(24,25)26)28-29(16-31)13-22(32)27-12-17-4-6-18(14-30)7-5-17/h2-11,16,30H,12-15H2,1H3,(H,27,32)/b3-2-,28-21+. The van der Waals surface area contributed by atoms with Gasteiger partial charge >= 0.3 is 6.18 Å². The summed E-state index contributed by atoms with van der Waals surface area (Å²) < 4.78 is 41.5. The van der Waals surface area contributed by atoms with Gasteiger partial charge in [-0.25, -0.2) is 5.01 Å². The average Bonchev–Trinajstić information content (AvgIpc) is 2.80. The molecule has 2 amide bonds. The van der Waals surface area contributed by atoms with Gasteiger partial charge in [-0.05, 0) is 48.4 Å². The minimum absolute atomic E-state index is 0.0366. The number of halogens is 3. The van der Waals surface area contributed by atoms with Crippen LogP contribution in [-0.4, -0.2) is 47.5 Å². The molecule has 2 rings (SSSR count). The second-order valence-corrected chi connectivity index (χ2v) is 6.87. The van der Waals surface area contributed by atoms with Gasteiger partial charge in [-0.2, -0.15) is 18.3 Å². The van der Waals surface area contributed by atoms with E-state index >= 15 is 0 Å². The summed E-state index contributed by atoms with van der Waals surface area (Å²) in [4.78, 5) is 23.7. The van der Waals surface area contributed by atoms with Crippen molar-refractivity contribution in [1.82, 2.24) is 10.3 Å². The molecule has 176 valence electrons. The monoisotopic (exact) mass is 463 g/mol. The Morgan fingerprint density at radius 1 is 1.12 bits per heavy atom. The number of aliphatic hydroxyl groups is 1. The molecular weight excluding hydrogens is 439 g/mol. The van der Waals surface area contributed by atoms with Gasteiger partial charge in [0.05, 0.1) is 12.3 Å². The van der Waals surface area contributed by atoms with Crippen LogP contribution in [0, 0.1) is 0 Å². The molecule has 0 fully saturated rings. The van der Waals surface area contributed by atoms with E-state index in [4.69, 9.17) is 5.11 Å². The molecular formula is C23H24F3N3O4. The minimum atomic E-state index is -4.44. The maximum absolute atomic E-state index is 12.3. The topological polar surface area (TPSA) is 91.2 Å². The number of aliphatic hydroxyl groups excluding tert-OH is 1. The fourth-order valence-corrected chi connectivity index (χ4v) is 2.63. The highest BCUT2D eigenvalue weighted by atomic mass is 19.4. The minimum Gasteiger partial charge on any atom is -0.484 e. The summed E-state index contributed by atoms with van der Waals surface area (Å²) in [5.41, 5.74) is 2.43. The van der Waals surface area contributed by atoms with Crippen molar-refractivity contribution in [3.63, 3.8) is 0 Å². The summed E-state index contributed by atoms with van der Waals surface area (Å²) >= 11 is 0. The Labute approximate surface area is 189 Å². The van der Waals surface area contributed by atoms with Crippen LogP contribution in [0.1, 0.15) is 23.6 Å². The van der Waals surface area contributed by atoms with Crippen molar-refractivity contribution in [3.8, 4) is 5.75 Å². The smallest absolute Gasteiger partial charge is 0.422 e. The summed E-state index contributed by atoms with van der Waals surface area (Å²) in [6.07, 6.45) is -0.765. The van der Waals surface area contributed by atoms with Crippen molar-refractivity contribution in [2.24, 2.45) is 5.10 Å². The molecule has 0 heterocycles. The summed E-state index contributed by atoms with van der Waals surface area (Å²) in [5, 5.41) is 16.8. The highest BCUT2D eigenvalue weighted by molar-refractivity contribution is 6.08. The number of alkyl halides is 3. The molecule has 2 aromatic rings. The number of hydrazone groups is 1. The number of hydrogen-bond acceptors (Lipinski definition) is 5. The molecule has 2 aromatic carbocycles. The van der Waals surface area contributed by atoms with Crippen molar-refractivity contribution >= 4 is 18.0 Å². The van der Waals surface area contributed by atoms with Gasteiger partial charge < -0.3 is 15.2 Å². The fourth-order valence-electron chi connectivity index (χ4n) is 2.63. The Morgan fingerprint density at radius 3 is 2.30 bits per heavy atom. The molecule has 0 unspecified atom stereocenters. The zero-order valence-corrected chi connectivity index (χ0v) is 17.9. The molecule has 0 aliphatic rings. The van der Waals surface area contributed by atoms with Gasteiger partial charge in [-0.3, -0.25) is 9.59 Å². The maximum atomic E-state index is 12.3. The number of allylic oxidation sites excluding steroid dienone is 2. The van der Waals surface area contributed by atoms with Crippen molar-refractivity contribution in [1.29, 1.82) is 0 Å². The second kappa shape index (κ2) is 12.4. The van der Waals surface area contributed by atoms with Gasteiger partial charge in [0.15, 0.2) is 6.61 Å². The largest absolute Gasteiger partial charge is 0.484 e. The normalized spacial score (nSPS) is 12.0. The molecule has 0 spiro atoms. The molecule has 0 saturated carbocycles. The average molecular weight is 463 g/mol. The quantitative estimate of drug-likeness (QED) is 0.304. The SMILES string of the molecule is C/C=C\C(=N/N(C=O)CC(=O)NCc1ccc(CO)cc1)c1ccc(OCC(F)(F)F)cc1. The highest BCUT2D eigenvalue weighted by Gasteiger charge is 2.28. The first kappa shape index (κ1) is 25.6. The Balaban J connectivity index is 2.02. The molecule has 0 aliphatic heterocycles. The van der Waals surface area contributed by atoms with E-state index in [0.717, 1.165) is 16.1 Å². The van der Waals surface area contributed by atoms with Gasteiger partial charge in [0.1, 0.15) is 12.3 Å². The van der Waals surface area contributed by atoms with E-state index in [9.17, 15) is 22.8 Å². The van der Waals surface area contributed by atoms with Gasteiger partial charge in [0.2, 0.25) is 12.3 Å². The predicted octanol–water partition coefficient (Wildman–Crippen LogP) is 3.18. The van der Waals surface area contributed by atoms with Crippen LogP contribution >= 0.6 is 0 Å². The molecule has 2 N–H and O–H groups in total. The molecule has 7 nitrogen and oxygen atoms in total. The molecule has 0 aromatic heterocycles. The van der Waals surface area contributed by atoms with Crippen LogP contribution in [0.3, 0.4) is 0 Å². The summed E-state index contributed by atoms with van der Waals surface area (Å²) in [7, 11) is 0. The molecule has 0 saturated heterocycles. The van der Waals surface area contributed by atoms with E-state index in [0.29, 0.717) is 17.7 Å². The summed E-state index contributed by atoms with van der Waals surface area (Å²) in [6, 6.07) is 12.8. The zero-order chi connectivity index (χ0) is 24.3. The Hall–Kier alpha value is -3.66. The van der Waals surface area contributed by atoms with Crippen molar-refractivity contribution in [3.05, 3.63) is 77.4 Å². The van der Waals surface area contributed by atoms with Crippen molar-refractivity contribution in [2.45, 2.75) is 26.3 Å². The number of nitrogens with one attached hydrogen (secondary N) is 1. The van der Waals surface area contributed by atoms with Gasteiger partial charge in [-0.1, -0.05) is 30.3 Å². The summed E-state index contributed by atoms with van der Waals surface area (Å²) in [6.45, 7) is 0.170. The Bertz CT molecular complexity index is 972. The maximum Gasteiger partial charge on any atom is 0.422 e. The number of carbonyl (C=O) groups is 2. The number of hydrogen-bond donors (Lipinski definition) is 2. The second-order valence-electron chi connectivity index (χ2n) is 6.87. The lowest BCUT2D eigenvalue weighted by atomic mass is 10.1. The van der Waals surface area contributed by atoms with Crippen LogP contribution in [0.25, 0.3) is 0 Å². The highest BCUT2D eigenvalue weighted by Crippen LogP contribution is 2.19. The first-order valence-electron chi connectivity index (χ1n) is 9.92. The third kappa shape index (κ3) is 9.16. The van der Waals surface area contributed by atoms with E-state index in [2.05, 4.69) is 15.2 Å². The van der Waals surface area contributed by atoms with E-state index in [1.165, 1.54) is 24.3 Å². The van der Waals surface area contributed by atoms with Crippen molar-refractivity contribution < 1.29 is 32.6 Å². The molecule has 0 atom stereocenters. The van der Waals surface area contributed by atoms with Crippen LogP contribution in [0.15, 0.2) is 65.8 Å². The summed E-state index contributed by atoms with van der Waals surface area (Å²) in [5.74, 6) is -0.401. The van der Waals surface area contributed by atoms with Gasteiger partial charge in [-0.15, -0.1) is 0 Å². The van der Waals surface area contributed by atoms with E-state index in [1.807, 2.05) is 0 Å². The van der Waals surface area contributed by atoms with Crippen molar-refractivity contribution in [2.75, 3.05) is 13.2 Å². The predicted molar refractivity (Wildman–Crippen MR) is 116 cm³/mol. The number of nitrogens with zero attached hydrogens (tertiary/aromatic N) is 2. The Morgan fingerprint density at radius 2 is 1.76 bits per heavy atom. The molecule has 0 aliphatic carbocycles. The molecule has 10 heteroatoms. The van der Waals surface area contributed by atoms with Crippen LogP contribution < -0.4 is 10.1 Å². The van der Waals surface area contributed by atoms with Crippen LogP contribution in [0.2, 0.25) is 0 Å². The van der Waals surface area contributed by atoms with E-state index in [-0.39, 0.29) is 25.4 Å². The lowest BCUT2D eigenvalue weighted by molar-refractivity contribution is -0.153. The van der Waals surface area contributed by atoms with E-state index < -0.39 is 18.7 Å². The lowest BCUT2D eigenvalue weighted by Crippen LogP contribution is -2.34. The molecule has 33 heavy (non-hydrogen) atoms. The number of ether oxygens (including phenoxy) is 1. The first-order valence-corrected chi connectivity index (χ1v) is 9.92.